The Morgan fingerprint density at radius 2 is 2.50 bits per heavy atom. The van der Waals surface area contributed by atoms with Crippen molar-refractivity contribution in [3.63, 3.8) is 0 Å². The van der Waals surface area contributed by atoms with Gasteiger partial charge in [0.05, 0.1) is 11.9 Å². The quantitative estimate of drug-likeness (QED) is 0.554. The van der Waals surface area contributed by atoms with Gasteiger partial charge in [-0.3, -0.25) is 4.99 Å². The van der Waals surface area contributed by atoms with E-state index in [2.05, 4.69) is 22.1 Å². The second-order valence-electron chi connectivity index (χ2n) is 2.28. The minimum atomic E-state index is 0.985. The molecule has 1 aliphatic rings. The number of nitrogens with one attached hydrogen (secondary N) is 1. The van der Waals surface area contributed by atoms with Crippen molar-refractivity contribution in [3.05, 3.63) is 35.8 Å². The molecule has 0 aromatic carbocycles. The van der Waals surface area contributed by atoms with Crippen LogP contribution in [0.15, 0.2) is 29.5 Å². The molecule has 1 aromatic heterocycles. The van der Waals surface area contributed by atoms with Crippen LogP contribution < -0.4 is 0 Å². The fourth-order valence-electron chi connectivity index (χ4n) is 1.07. The van der Waals surface area contributed by atoms with Crippen LogP contribution in [0.25, 0.3) is 0 Å². The van der Waals surface area contributed by atoms with Crippen LogP contribution in [0.1, 0.15) is 11.3 Å². The zero-order valence-corrected chi connectivity index (χ0v) is 5.54. The molecule has 0 aliphatic carbocycles. The van der Waals surface area contributed by atoms with Crippen molar-refractivity contribution in [3.8, 4) is 0 Å². The molecule has 0 fully saturated rings. The molecule has 0 unspecified atom stereocenters. The molecular weight excluding hydrogens is 124 g/mol. The molecule has 10 heavy (non-hydrogen) atoms. The third-order valence-corrected chi connectivity index (χ3v) is 1.60. The minimum Gasteiger partial charge on any atom is -0.360 e. The monoisotopic (exact) mass is 132 g/mol. The smallest absolute Gasteiger partial charge is 0.0601 e. The topological polar surface area (TPSA) is 28.1 Å². The number of allylic oxidation sites excluding steroid dienone is 1. The van der Waals surface area contributed by atoms with Crippen LogP contribution in [0.2, 0.25) is 0 Å². The van der Waals surface area contributed by atoms with Crippen molar-refractivity contribution >= 4 is 6.21 Å². The Morgan fingerprint density at radius 3 is 3.50 bits per heavy atom. The Hall–Kier alpha value is -1.31. The second-order valence-corrected chi connectivity index (χ2v) is 2.28. The van der Waals surface area contributed by atoms with Crippen LogP contribution in [-0.2, 0) is 6.42 Å². The summed E-state index contributed by atoms with van der Waals surface area (Å²) in [7, 11) is 0. The number of hydrogen-bond donors (Lipinski definition) is 1. The number of H-pyrrole nitrogens is 1. The van der Waals surface area contributed by atoms with Crippen LogP contribution in [0.5, 0.6) is 0 Å². The van der Waals surface area contributed by atoms with Gasteiger partial charge in [0.2, 0.25) is 0 Å². The number of aliphatic imine (C=N–C) groups is 1. The van der Waals surface area contributed by atoms with Gasteiger partial charge in [0.25, 0.3) is 0 Å². The summed E-state index contributed by atoms with van der Waals surface area (Å²) < 4.78 is 0. The van der Waals surface area contributed by atoms with E-state index in [1.165, 1.54) is 5.56 Å². The van der Waals surface area contributed by atoms with E-state index in [4.69, 9.17) is 0 Å². The lowest BCUT2D eigenvalue weighted by molar-refractivity contribution is 1.26. The Labute approximate surface area is 59.3 Å². The lowest BCUT2D eigenvalue weighted by Crippen LogP contribution is -1.84. The predicted molar refractivity (Wildman–Crippen MR) is 41.2 cm³/mol. The lowest BCUT2D eigenvalue weighted by Gasteiger charge is -1.88. The summed E-state index contributed by atoms with van der Waals surface area (Å²) in [6, 6.07) is 2.08. The first-order valence-electron chi connectivity index (χ1n) is 3.31. The first kappa shape index (κ1) is 5.47. The van der Waals surface area contributed by atoms with Gasteiger partial charge in [-0.2, -0.15) is 0 Å². The largest absolute Gasteiger partial charge is 0.360 e. The third kappa shape index (κ3) is 0.778. The standard InChI is InChI=1S/C8H8N2/c1-2-7-3-5-10-8(7)6-9-4-1/h1,3-6,10H,2H2. The molecule has 0 bridgehead atoms. The molecule has 2 nitrogen and oxygen atoms in total. The molecule has 0 saturated heterocycles. The van der Waals surface area contributed by atoms with Crippen LogP contribution in [0.3, 0.4) is 0 Å². The van der Waals surface area contributed by atoms with Crippen molar-refractivity contribution in [1.29, 1.82) is 0 Å². The van der Waals surface area contributed by atoms with E-state index in [0.29, 0.717) is 0 Å². The SMILES string of the molecule is C1=CN=Cc2[nH]ccc2C1. The first-order valence-corrected chi connectivity index (χ1v) is 3.31. The molecule has 1 N–H and O–H groups in total. The summed E-state index contributed by atoms with van der Waals surface area (Å²) in [6.45, 7) is 0. The average Bonchev–Trinajstić information content (AvgIpc) is 2.28. The Balaban J connectivity index is 2.50. The summed E-state index contributed by atoms with van der Waals surface area (Å²) in [4.78, 5) is 7.16. The summed E-state index contributed by atoms with van der Waals surface area (Å²) in [5, 5.41) is 0. The highest BCUT2D eigenvalue weighted by atomic mass is 14.7. The molecule has 0 radical (unpaired) electrons. The summed E-state index contributed by atoms with van der Waals surface area (Å²) in [6.07, 6.45) is 8.65. The average molecular weight is 132 g/mol. The minimum absolute atomic E-state index is 0.985. The van der Waals surface area contributed by atoms with Crippen molar-refractivity contribution in [2.24, 2.45) is 4.99 Å². The van der Waals surface area contributed by atoms with Gasteiger partial charge < -0.3 is 4.98 Å². The van der Waals surface area contributed by atoms with Crippen molar-refractivity contribution in [2.45, 2.75) is 6.42 Å². The molecule has 2 heterocycles. The van der Waals surface area contributed by atoms with Gasteiger partial charge in [-0.05, 0) is 18.1 Å². The highest BCUT2D eigenvalue weighted by Gasteiger charge is 1.99. The highest BCUT2D eigenvalue weighted by Crippen LogP contribution is 2.08. The number of aromatic nitrogens is 1. The Bertz CT molecular complexity index is 281. The number of hydrogen-bond acceptors (Lipinski definition) is 1. The number of aromatic amines is 1. The molecule has 2 rings (SSSR count). The molecule has 50 valence electrons. The summed E-state index contributed by atoms with van der Waals surface area (Å²) in [5.74, 6) is 0. The van der Waals surface area contributed by atoms with Gasteiger partial charge in [0.1, 0.15) is 0 Å². The molecule has 2 heteroatoms. The maximum absolute atomic E-state index is 4.05. The van der Waals surface area contributed by atoms with E-state index < -0.39 is 0 Å². The molecular formula is C8H8N2. The molecule has 0 saturated carbocycles. The Morgan fingerprint density at radius 1 is 1.50 bits per heavy atom. The lowest BCUT2D eigenvalue weighted by atomic mass is 10.2. The van der Waals surface area contributed by atoms with Crippen LogP contribution >= 0.6 is 0 Å². The van der Waals surface area contributed by atoms with Crippen LogP contribution in [0.4, 0.5) is 0 Å². The van der Waals surface area contributed by atoms with Gasteiger partial charge in [-0.1, -0.05) is 6.08 Å². The van der Waals surface area contributed by atoms with E-state index in [1.54, 1.807) is 0 Å². The second kappa shape index (κ2) is 2.14. The number of rotatable bonds is 0. The number of nitrogens with zero attached hydrogens (tertiary/aromatic N) is 1. The van der Waals surface area contributed by atoms with Gasteiger partial charge in [-0.15, -0.1) is 0 Å². The van der Waals surface area contributed by atoms with Crippen molar-refractivity contribution in [2.75, 3.05) is 0 Å². The third-order valence-electron chi connectivity index (χ3n) is 1.60. The van der Waals surface area contributed by atoms with Crippen molar-refractivity contribution in [1.82, 2.24) is 4.98 Å². The maximum Gasteiger partial charge on any atom is 0.0601 e. The van der Waals surface area contributed by atoms with Gasteiger partial charge in [0.15, 0.2) is 0 Å². The molecule has 1 aromatic rings. The number of fused-ring (bicyclic) bond motifs is 1. The van der Waals surface area contributed by atoms with Gasteiger partial charge in [-0.25, -0.2) is 0 Å². The fraction of sp³-hybridized carbons (Fsp3) is 0.125. The summed E-state index contributed by atoms with van der Waals surface area (Å²) in [5.41, 5.74) is 2.45. The zero-order valence-electron chi connectivity index (χ0n) is 5.54. The Kier molecular flexibility index (Phi) is 1.17. The predicted octanol–water partition coefficient (Wildman–Crippen LogP) is 1.50. The van der Waals surface area contributed by atoms with Crippen LogP contribution in [-0.4, -0.2) is 11.2 Å². The van der Waals surface area contributed by atoms with E-state index in [-0.39, 0.29) is 0 Å². The van der Waals surface area contributed by atoms with E-state index in [1.807, 2.05) is 18.6 Å². The summed E-state index contributed by atoms with van der Waals surface area (Å²) >= 11 is 0. The highest BCUT2D eigenvalue weighted by molar-refractivity contribution is 5.80. The van der Waals surface area contributed by atoms with E-state index in [0.717, 1.165) is 12.1 Å². The van der Waals surface area contributed by atoms with E-state index in [9.17, 15) is 0 Å². The van der Waals surface area contributed by atoms with Gasteiger partial charge >= 0.3 is 0 Å². The molecule has 0 atom stereocenters. The molecule has 0 amide bonds. The maximum atomic E-state index is 4.05. The van der Waals surface area contributed by atoms with E-state index >= 15 is 0 Å². The molecule has 1 aliphatic heterocycles. The first-order chi connectivity index (χ1) is 4.97. The van der Waals surface area contributed by atoms with Gasteiger partial charge in [0, 0.05) is 12.4 Å². The normalized spacial score (nSPS) is 14.8. The molecule has 0 spiro atoms. The van der Waals surface area contributed by atoms with Crippen molar-refractivity contribution < 1.29 is 0 Å². The zero-order chi connectivity index (χ0) is 6.81. The van der Waals surface area contributed by atoms with Crippen LogP contribution in [0, 0.1) is 0 Å². The fourth-order valence-corrected chi connectivity index (χ4v) is 1.07.